The summed E-state index contributed by atoms with van der Waals surface area (Å²) in [5, 5.41) is 34.6. The quantitative estimate of drug-likeness (QED) is 0.395. The number of aromatic hydroxyl groups is 1. The van der Waals surface area contributed by atoms with E-state index in [-0.39, 0.29) is 16.7 Å². The number of nitrogens with two attached hydrogens (primary N) is 1. The van der Waals surface area contributed by atoms with E-state index in [1.165, 1.54) is 31.1 Å². The third kappa shape index (κ3) is 3.70. The number of carbonyl (C=O) groups excluding carboxylic acids is 5. The molecular weight excluding hydrogens is 528 g/mol. The van der Waals surface area contributed by atoms with E-state index < -0.39 is 76.2 Å². The second-order valence-corrected chi connectivity index (χ2v) is 10.8. The molecule has 0 bridgehead atoms. The second kappa shape index (κ2) is 9.20. The summed E-state index contributed by atoms with van der Waals surface area (Å²) >= 11 is 6.16. The maximum Gasteiger partial charge on any atom is 0.235 e. The Kier molecular flexibility index (Phi) is 6.34. The zero-order chi connectivity index (χ0) is 28.5. The molecule has 1 amide bonds. The number of nitrogens with zero attached hydrogens (tertiary/aromatic N) is 1. The molecule has 2 aromatic rings. The molecule has 2 saturated carbocycles. The maximum atomic E-state index is 14.1. The van der Waals surface area contributed by atoms with Crippen molar-refractivity contribution < 1.29 is 39.3 Å². The van der Waals surface area contributed by atoms with E-state index in [2.05, 4.69) is 0 Å². The number of Topliss-reactive ketones (excluding diaryl/α,β-unsaturated/α-hetero) is 4. The number of rotatable bonds is 3. The highest BCUT2D eigenvalue weighted by Crippen LogP contribution is 2.54. The third-order valence-corrected chi connectivity index (χ3v) is 8.28. The zero-order valence-electron chi connectivity index (χ0n) is 20.9. The Labute approximate surface area is 227 Å². The lowest BCUT2D eigenvalue weighted by atomic mass is 9.50. The summed E-state index contributed by atoms with van der Waals surface area (Å²) in [4.78, 5) is 68.1. The first kappa shape index (κ1) is 26.9. The van der Waals surface area contributed by atoms with Crippen LogP contribution in [-0.2, 0) is 19.2 Å². The lowest BCUT2D eigenvalue weighted by Crippen LogP contribution is -2.77. The van der Waals surface area contributed by atoms with E-state index in [0.29, 0.717) is 10.6 Å². The van der Waals surface area contributed by atoms with Crippen molar-refractivity contribution in [1.82, 2.24) is 4.90 Å². The van der Waals surface area contributed by atoms with Gasteiger partial charge in [-0.15, -0.1) is 0 Å². The SMILES string of the molecule is CN(C)[C@@H]1C(=O)C(C(N)=O)C(=O)[C@@]2(O)C(=O)C3C(=O)c4c(O)cccc4/C(=C\c4cccc(Cl)c4)[C@H]3[C@H](O)[C@@H]12. The molecule has 3 aliphatic rings. The maximum absolute atomic E-state index is 14.1. The molecule has 0 radical (unpaired) electrons. The highest BCUT2D eigenvalue weighted by Gasteiger charge is 2.72. The van der Waals surface area contributed by atoms with Gasteiger partial charge in [0.05, 0.1) is 29.5 Å². The smallest absolute Gasteiger partial charge is 0.235 e. The van der Waals surface area contributed by atoms with Crippen molar-refractivity contribution >= 4 is 52.3 Å². The molecule has 5 N–H and O–H groups in total. The van der Waals surface area contributed by atoms with Gasteiger partial charge in [-0.3, -0.25) is 28.9 Å². The van der Waals surface area contributed by atoms with Crippen LogP contribution in [0.1, 0.15) is 21.5 Å². The standard InChI is InChI=1S/C28H25ClN2O8/c1-31(2)21-20-23(34)17-14(10-11-5-3-6-12(29)9-11)13-7-4-8-15(32)16(13)22(33)18(17)25(36)28(20,39)26(37)19(24(21)35)27(30)38/h3-10,17-21,23,32,34,39H,1-2H3,(H2,30,38)/b14-10+/t17-,18?,19?,20-,21+,23+,28+/m1/s1. The Bertz CT molecular complexity index is 1500. The van der Waals surface area contributed by atoms with Gasteiger partial charge in [0.25, 0.3) is 0 Å². The van der Waals surface area contributed by atoms with E-state index in [9.17, 15) is 39.3 Å². The normalized spacial score (nSPS) is 33.1. The van der Waals surface area contributed by atoms with Crippen LogP contribution in [0.2, 0.25) is 5.02 Å². The van der Waals surface area contributed by atoms with E-state index in [1.807, 2.05) is 0 Å². The number of fused-ring (bicyclic) bond motifs is 3. The number of amides is 1. The molecule has 0 spiro atoms. The van der Waals surface area contributed by atoms with Crippen molar-refractivity contribution in [3.05, 3.63) is 64.2 Å². The van der Waals surface area contributed by atoms with Crippen LogP contribution in [0.25, 0.3) is 11.6 Å². The van der Waals surface area contributed by atoms with Crippen LogP contribution in [0, 0.1) is 23.7 Å². The summed E-state index contributed by atoms with van der Waals surface area (Å²) in [5.74, 6) is -13.4. The predicted octanol–water partition coefficient (Wildman–Crippen LogP) is 0.489. The highest BCUT2D eigenvalue weighted by atomic mass is 35.5. The summed E-state index contributed by atoms with van der Waals surface area (Å²) in [5.41, 5.74) is 3.10. The Hall–Kier alpha value is -3.70. The van der Waals surface area contributed by atoms with Gasteiger partial charge in [-0.2, -0.15) is 0 Å². The highest BCUT2D eigenvalue weighted by molar-refractivity contribution is 6.33. The first-order valence-corrected chi connectivity index (χ1v) is 12.5. The fourth-order valence-corrected chi connectivity index (χ4v) is 6.64. The monoisotopic (exact) mass is 552 g/mol. The van der Waals surface area contributed by atoms with Gasteiger partial charge in [0.1, 0.15) is 5.75 Å². The molecule has 10 nitrogen and oxygen atoms in total. The van der Waals surface area contributed by atoms with Crippen molar-refractivity contribution in [1.29, 1.82) is 0 Å². The van der Waals surface area contributed by atoms with E-state index in [1.54, 1.807) is 36.4 Å². The Morgan fingerprint density at radius 1 is 1.08 bits per heavy atom. The molecule has 202 valence electrons. The van der Waals surface area contributed by atoms with Gasteiger partial charge in [0.2, 0.25) is 5.91 Å². The molecule has 2 unspecified atom stereocenters. The Morgan fingerprint density at radius 2 is 1.74 bits per heavy atom. The summed E-state index contributed by atoms with van der Waals surface area (Å²) in [6.07, 6.45) is -0.185. The number of carbonyl (C=O) groups is 5. The molecule has 0 aromatic heterocycles. The van der Waals surface area contributed by atoms with E-state index >= 15 is 0 Å². The summed E-state index contributed by atoms with van der Waals surface area (Å²) < 4.78 is 0. The van der Waals surface area contributed by atoms with Crippen molar-refractivity contribution in [3.63, 3.8) is 0 Å². The Morgan fingerprint density at radius 3 is 2.36 bits per heavy atom. The number of aliphatic hydroxyl groups is 2. The van der Waals surface area contributed by atoms with Gasteiger partial charge < -0.3 is 21.1 Å². The fourth-order valence-electron chi connectivity index (χ4n) is 6.45. The molecule has 2 fully saturated rings. The topological polar surface area (TPSA) is 175 Å². The number of hydrogen-bond acceptors (Lipinski definition) is 9. The molecular formula is C28H25ClN2O8. The largest absolute Gasteiger partial charge is 0.507 e. The average molecular weight is 553 g/mol. The fraction of sp³-hybridized carbons (Fsp3) is 0.321. The van der Waals surface area contributed by atoms with Crippen molar-refractivity contribution in [2.45, 2.75) is 17.7 Å². The van der Waals surface area contributed by atoms with Gasteiger partial charge in [0.15, 0.2) is 34.7 Å². The number of benzene rings is 2. The molecule has 39 heavy (non-hydrogen) atoms. The van der Waals surface area contributed by atoms with Gasteiger partial charge in [0, 0.05) is 10.9 Å². The van der Waals surface area contributed by atoms with E-state index in [0.717, 1.165) is 0 Å². The van der Waals surface area contributed by atoms with Crippen LogP contribution in [-0.4, -0.2) is 81.1 Å². The molecule has 3 aliphatic carbocycles. The zero-order valence-corrected chi connectivity index (χ0v) is 21.6. The minimum atomic E-state index is -3.07. The van der Waals surface area contributed by atoms with E-state index in [4.69, 9.17) is 17.3 Å². The van der Waals surface area contributed by atoms with Crippen LogP contribution in [0.15, 0.2) is 42.5 Å². The molecule has 0 saturated heterocycles. The van der Waals surface area contributed by atoms with Crippen LogP contribution >= 0.6 is 11.6 Å². The van der Waals surface area contributed by atoms with Crippen LogP contribution < -0.4 is 5.73 Å². The number of likely N-dealkylation sites (N-methyl/N-ethyl adjacent to an activating group) is 1. The van der Waals surface area contributed by atoms with Crippen molar-refractivity contribution in [2.24, 2.45) is 29.4 Å². The molecule has 11 heteroatoms. The Balaban J connectivity index is 1.80. The second-order valence-electron chi connectivity index (χ2n) is 10.4. The summed E-state index contributed by atoms with van der Waals surface area (Å²) in [6.45, 7) is 0. The number of hydrogen-bond donors (Lipinski definition) is 4. The number of halogens is 1. The third-order valence-electron chi connectivity index (χ3n) is 8.04. The number of phenols is 1. The minimum Gasteiger partial charge on any atom is -0.507 e. The van der Waals surface area contributed by atoms with Gasteiger partial charge >= 0.3 is 0 Å². The number of ketones is 4. The van der Waals surface area contributed by atoms with Crippen LogP contribution in [0.3, 0.4) is 0 Å². The first-order chi connectivity index (χ1) is 18.3. The molecule has 0 aliphatic heterocycles. The lowest BCUT2D eigenvalue weighted by molar-refractivity contribution is -0.192. The van der Waals surface area contributed by atoms with Crippen LogP contribution in [0.5, 0.6) is 5.75 Å². The molecule has 2 aromatic carbocycles. The van der Waals surface area contributed by atoms with Gasteiger partial charge in [-0.1, -0.05) is 41.9 Å². The first-order valence-electron chi connectivity index (χ1n) is 12.1. The molecule has 7 atom stereocenters. The summed E-state index contributed by atoms with van der Waals surface area (Å²) in [6, 6.07) is 9.47. The van der Waals surface area contributed by atoms with Crippen molar-refractivity contribution in [3.8, 4) is 5.75 Å². The number of aliphatic hydroxyl groups excluding tert-OH is 1. The lowest BCUT2D eigenvalue weighted by Gasteiger charge is -2.55. The predicted molar refractivity (Wildman–Crippen MR) is 138 cm³/mol. The van der Waals surface area contributed by atoms with Gasteiger partial charge in [-0.25, -0.2) is 0 Å². The summed E-state index contributed by atoms with van der Waals surface area (Å²) in [7, 11) is 2.87. The van der Waals surface area contributed by atoms with Crippen molar-refractivity contribution in [2.75, 3.05) is 14.1 Å². The van der Waals surface area contributed by atoms with Crippen LogP contribution in [0.4, 0.5) is 0 Å². The van der Waals surface area contributed by atoms with Gasteiger partial charge in [-0.05, 0) is 49.0 Å². The number of phenolic OH excluding ortho intramolecular Hbond substituents is 1. The molecule has 5 rings (SSSR count). The molecule has 0 heterocycles. The number of primary amides is 1. The average Bonchev–Trinajstić information content (AvgIpc) is 2.85. The minimum absolute atomic E-state index is 0.218.